The molecule has 0 bridgehead atoms. The number of hydrogen-bond acceptors (Lipinski definition) is 4. The van der Waals surface area contributed by atoms with E-state index in [0.717, 1.165) is 18.2 Å². The number of halogens is 4. The first-order chi connectivity index (χ1) is 8.41. The Bertz CT molecular complexity index is 568. The molecule has 2 aromatic rings. The normalized spacial score (nSPS) is 11.8. The highest BCUT2D eigenvalue weighted by Gasteiger charge is 2.34. The Kier molecular flexibility index (Phi) is 3.16. The molecule has 8 heteroatoms. The van der Waals surface area contributed by atoms with Crippen LogP contribution in [0.25, 0.3) is 11.5 Å². The van der Waals surface area contributed by atoms with Crippen molar-refractivity contribution in [3.63, 3.8) is 0 Å². The molecule has 1 N–H and O–H groups in total. The Morgan fingerprint density at radius 3 is 2.56 bits per heavy atom. The van der Waals surface area contributed by atoms with Crippen LogP contribution in [0.2, 0.25) is 0 Å². The molecule has 96 valence electrons. The van der Waals surface area contributed by atoms with E-state index in [-0.39, 0.29) is 23.2 Å². The fraction of sp³-hybridized carbons (Fsp3) is 0.200. The summed E-state index contributed by atoms with van der Waals surface area (Å²) in [4.78, 5) is 3.83. The van der Waals surface area contributed by atoms with Crippen LogP contribution < -0.4 is 0 Å². The quantitative estimate of drug-likeness (QED) is 0.857. The van der Waals surface area contributed by atoms with E-state index < -0.39 is 17.5 Å². The second-order valence-electron chi connectivity index (χ2n) is 3.38. The van der Waals surface area contributed by atoms with Crippen molar-refractivity contribution in [2.75, 3.05) is 0 Å². The zero-order valence-electron chi connectivity index (χ0n) is 8.70. The summed E-state index contributed by atoms with van der Waals surface area (Å²) in [6.45, 7) is 0. The number of aromatic nitrogens is 2. The molecule has 1 aromatic heterocycles. The highest BCUT2D eigenvalue weighted by Crippen LogP contribution is 2.37. The zero-order valence-corrected chi connectivity index (χ0v) is 9.46. The van der Waals surface area contributed by atoms with E-state index in [4.69, 9.17) is 16.1 Å². The van der Waals surface area contributed by atoms with Crippen LogP contribution in [-0.4, -0.2) is 15.2 Å². The number of benzene rings is 1. The van der Waals surface area contributed by atoms with Crippen molar-refractivity contribution in [1.29, 1.82) is 0 Å². The van der Waals surface area contributed by atoms with Gasteiger partial charge in [0.05, 0.1) is 11.4 Å². The summed E-state index contributed by atoms with van der Waals surface area (Å²) in [5, 5.41) is 12.8. The minimum absolute atomic E-state index is 0.00493. The van der Waals surface area contributed by atoms with Gasteiger partial charge in [0.25, 0.3) is 5.89 Å². The molecule has 0 amide bonds. The van der Waals surface area contributed by atoms with Crippen molar-refractivity contribution in [2.45, 2.75) is 12.1 Å². The molecular formula is C10H6ClF3N2O2. The molecule has 0 aliphatic carbocycles. The first-order valence-electron chi connectivity index (χ1n) is 4.71. The predicted octanol–water partition coefficient (Wildman–Crippen LogP) is 3.20. The number of alkyl halides is 4. The molecule has 4 nitrogen and oxygen atoms in total. The third kappa shape index (κ3) is 2.40. The van der Waals surface area contributed by atoms with Gasteiger partial charge in [0.1, 0.15) is 5.75 Å². The summed E-state index contributed by atoms with van der Waals surface area (Å²) in [6, 6.07) is 2.79. The van der Waals surface area contributed by atoms with Crippen molar-refractivity contribution in [1.82, 2.24) is 10.1 Å². The zero-order chi connectivity index (χ0) is 13.3. The van der Waals surface area contributed by atoms with Crippen molar-refractivity contribution in [3.8, 4) is 17.2 Å². The Morgan fingerprint density at radius 1 is 1.33 bits per heavy atom. The molecule has 0 unspecified atom stereocenters. The van der Waals surface area contributed by atoms with Crippen LogP contribution in [0.5, 0.6) is 5.75 Å². The summed E-state index contributed by atoms with van der Waals surface area (Å²) in [7, 11) is 0. The first kappa shape index (κ1) is 12.7. The molecule has 0 fully saturated rings. The van der Waals surface area contributed by atoms with Crippen LogP contribution in [0.4, 0.5) is 13.2 Å². The number of hydrogen-bond donors (Lipinski definition) is 1. The minimum atomic E-state index is -4.61. The Hall–Kier alpha value is -1.76. The number of aromatic hydroxyl groups is 1. The van der Waals surface area contributed by atoms with Gasteiger partial charge in [-0.25, -0.2) is 0 Å². The Balaban J connectivity index is 2.40. The summed E-state index contributed by atoms with van der Waals surface area (Å²) in [6.07, 6.45) is -4.61. The highest BCUT2D eigenvalue weighted by molar-refractivity contribution is 6.16. The largest absolute Gasteiger partial charge is 0.507 e. The lowest BCUT2D eigenvalue weighted by atomic mass is 10.1. The van der Waals surface area contributed by atoms with Crippen LogP contribution in [-0.2, 0) is 12.1 Å². The lowest BCUT2D eigenvalue weighted by molar-refractivity contribution is -0.138. The van der Waals surface area contributed by atoms with Crippen LogP contribution in [0, 0.1) is 0 Å². The molecule has 0 aliphatic rings. The van der Waals surface area contributed by atoms with Gasteiger partial charge < -0.3 is 9.63 Å². The maximum atomic E-state index is 12.4. The van der Waals surface area contributed by atoms with E-state index >= 15 is 0 Å². The molecule has 0 spiro atoms. The lowest BCUT2D eigenvalue weighted by Gasteiger charge is -2.08. The fourth-order valence-electron chi connectivity index (χ4n) is 1.33. The summed E-state index contributed by atoms with van der Waals surface area (Å²) in [5.41, 5.74) is -0.937. The van der Waals surface area contributed by atoms with Gasteiger partial charge in [0.2, 0.25) is 0 Å². The molecule has 1 heterocycles. The first-order valence-corrected chi connectivity index (χ1v) is 5.24. The van der Waals surface area contributed by atoms with Gasteiger partial charge in [0.15, 0.2) is 5.82 Å². The average Bonchev–Trinajstić information content (AvgIpc) is 2.75. The molecule has 0 saturated heterocycles. The topological polar surface area (TPSA) is 59.2 Å². The molecule has 0 radical (unpaired) electrons. The van der Waals surface area contributed by atoms with Crippen LogP contribution in [0.15, 0.2) is 22.7 Å². The number of rotatable bonds is 2. The van der Waals surface area contributed by atoms with Crippen molar-refractivity contribution >= 4 is 11.6 Å². The van der Waals surface area contributed by atoms with E-state index in [1.165, 1.54) is 0 Å². The van der Waals surface area contributed by atoms with E-state index in [0.29, 0.717) is 0 Å². The van der Waals surface area contributed by atoms with E-state index in [1.54, 1.807) is 0 Å². The molecule has 1 aromatic carbocycles. The average molecular weight is 279 g/mol. The molecule has 18 heavy (non-hydrogen) atoms. The van der Waals surface area contributed by atoms with E-state index in [2.05, 4.69) is 10.1 Å². The van der Waals surface area contributed by atoms with Crippen LogP contribution >= 0.6 is 11.6 Å². The Labute approximate surface area is 104 Å². The molecular weight excluding hydrogens is 273 g/mol. The minimum Gasteiger partial charge on any atom is -0.507 e. The summed E-state index contributed by atoms with van der Waals surface area (Å²) < 4.78 is 42.0. The summed E-state index contributed by atoms with van der Waals surface area (Å²) >= 11 is 5.46. The second kappa shape index (κ2) is 4.49. The van der Waals surface area contributed by atoms with E-state index in [9.17, 15) is 18.3 Å². The smallest absolute Gasteiger partial charge is 0.419 e. The molecule has 2 rings (SSSR count). The number of nitrogens with zero attached hydrogens (tertiary/aromatic N) is 2. The van der Waals surface area contributed by atoms with Crippen molar-refractivity contribution in [3.05, 3.63) is 29.6 Å². The molecule has 0 atom stereocenters. The van der Waals surface area contributed by atoms with Gasteiger partial charge >= 0.3 is 6.18 Å². The standard InChI is InChI=1S/C10H6ClF3N2O2/c11-4-8-15-9(18-16-8)5-1-2-6(7(17)3-5)10(12,13)14/h1-3,17H,4H2. The second-order valence-corrected chi connectivity index (χ2v) is 3.65. The van der Waals surface area contributed by atoms with Crippen molar-refractivity contribution < 1.29 is 22.8 Å². The third-order valence-corrected chi connectivity index (χ3v) is 2.38. The molecule has 0 aliphatic heterocycles. The van der Waals surface area contributed by atoms with Crippen molar-refractivity contribution in [2.24, 2.45) is 0 Å². The number of phenolic OH excluding ortho intramolecular Hbond substituents is 1. The summed E-state index contributed by atoms with van der Waals surface area (Å²) in [5.74, 6) is -0.665. The predicted molar refractivity (Wildman–Crippen MR) is 56.0 cm³/mol. The fourth-order valence-corrected chi connectivity index (χ4v) is 1.44. The van der Waals surface area contributed by atoms with Crippen LogP contribution in [0.3, 0.4) is 0 Å². The van der Waals surface area contributed by atoms with Gasteiger partial charge in [-0.05, 0) is 18.2 Å². The number of phenols is 1. The Morgan fingerprint density at radius 2 is 2.06 bits per heavy atom. The van der Waals surface area contributed by atoms with Gasteiger partial charge in [-0.1, -0.05) is 5.16 Å². The lowest BCUT2D eigenvalue weighted by Crippen LogP contribution is -2.04. The van der Waals surface area contributed by atoms with Gasteiger partial charge in [0, 0.05) is 5.56 Å². The maximum Gasteiger partial charge on any atom is 0.419 e. The van der Waals surface area contributed by atoms with Gasteiger partial charge in [-0.15, -0.1) is 11.6 Å². The van der Waals surface area contributed by atoms with E-state index in [1.807, 2.05) is 0 Å². The van der Waals surface area contributed by atoms with Crippen LogP contribution in [0.1, 0.15) is 11.4 Å². The molecule has 0 saturated carbocycles. The van der Waals surface area contributed by atoms with Gasteiger partial charge in [-0.3, -0.25) is 0 Å². The maximum absolute atomic E-state index is 12.4. The monoisotopic (exact) mass is 278 g/mol. The highest BCUT2D eigenvalue weighted by atomic mass is 35.5. The SMILES string of the molecule is Oc1cc(-c2nc(CCl)no2)ccc1C(F)(F)F. The third-order valence-electron chi connectivity index (χ3n) is 2.14. The van der Waals surface area contributed by atoms with Gasteiger partial charge in [-0.2, -0.15) is 18.2 Å².